The summed E-state index contributed by atoms with van der Waals surface area (Å²) in [7, 11) is 0. The van der Waals surface area contributed by atoms with Gasteiger partial charge >= 0.3 is 6.09 Å². The second-order valence-corrected chi connectivity index (χ2v) is 6.90. The molecule has 1 aromatic carbocycles. The summed E-state index contributed by atoms with van der Waals surface area (Å²) in [6, 6.07) is 4.29. The number of carbonyl (C=O) groups is 2. The Morgan fingerprint density at radius 1 is 1.21 bits per heavy atom. The molecule has 0 spiro atoms. The molecule has 0 aromatic heterocycles. The van der Waals surface area contributed by atoms with Crippen molar-refractivity contribution in [2.75, 3.05) is 18.1 Å². The zero-order valence-electron chi connectivity index (χ0n) is 13.5. The minimum absolute atomic E-state index is 0.117. The van der Waals surface area contributed by atoms with Crippen molar-refractivity contribution in [2.24, 2.45) is 5.92 Å². The molecule has 1 unspecified atom stereocenters. The lowest BCUT2D eigenvalue weighted by molar-refractivity contribution is -0.136. The van der Waals surface area contributed by atoms with E-state index < -0.39 is 6.09 Å². The highest BCUT2D eigenvalue weighted by molar-refractivity contribution is 5.91. The van der Waals surface area contributed by atoms with Crippen LogP contribution in [-0.2, 0) is 16.1 Å². The molecule has 1 saturated heterocycles. The van der Waals surface area contributed by atoms with E-state index in [0.29, 0.717) is 31.8 Å². The van der Waals surface area contributed by atoms with Crippen molar-refractivity contribution in [1.29, 1.82) is 0 Å². The number of anilines is 1. The van der Waals surface area contributed by atoms with Gasteiger partial charge in [-0.15, -0.1) is 0 Å². The van der Waals surface area contributed by atoms with Gasteiger partial charge in [-0.1, -0.05) is 18.9 Å². The first-order valence-corrected chi connectivity index (χ1v) is 8.66. The van der Waals surface area contributed by atoms with Gasteiger partial charge in [0.2, 0.25) is 5.91 Å². The molecule has 2 heterocycles. The fourth-order valence-electron chi connectivity index (χ4n) is 4.07. The molecule has 0 radical (unpaired) electrons. The molecule has 1 aliphatic carbocycles. The van der Waals surface area contributed by atoms with Crippen molar-refractivity contribution in [3.8, 4) is 0 Å². The average Bonchev–Trinajstić information content (AvgIpc) is 3.20. The lowest BCUT2D eigenvalue weighted by Gasteiger charge is -2.33. The van der Waals surface area contributed by atoms with E-state index in [0.717, 1.165) is 31.2 Å². The Morgan fingerprint density at radius 2 is 2.00 bits per heavy atom. The average molecular weight is 332 g/mol. The lowest BCUT2D eigenvalue weighted by Crippen LogP contribution is -2.43. The fourth-order valence-corrected chi connectivity index (χ4v) is 4.07. The topological polar surface area (TPSA) is 49.9 Å². The second kappa shape index (κ2) is 6.07. The molecule has 24 heavy (non-hydrogen) atoms. The SMILES string of the molecule is O=C(C1CCCC1)N1CCC2COC(=O)N2c2cc(F)ccc2C1. The smallest absolute Gasteiger partial charge is 0.414 e. The summed E-state index contributed by atoms with van der Waals surface area (Å²) >= 11 is 0. The first kappa shape index (κ1) is 15.4. The van der Waals surface area contributed by atoms with Gasteiger partial charge in [0, 0.05) is 19.0 Å². The van der Waals surface area contributed by atoms with E-state index in [-0.39, 0.29) is 23.7 Å². The summed E-state index contributed by atoms with van der Waals surface area (Å²) in [6.45, 7) is 1.31. The van der Waals surface area contributed by atoms with Crippen LogP contribution < -0.4 is 4.90 Å². The van der Waals surface area contributed by atoms with Crippen LogP contribution in [0.3, 0.4) is 0 Å². The molecule has 2 aliphatic heterocycles. The van der Waals surface area contributed by atoms with Crippen molar-refractivity contribution in [1.82, 2.24) is 4.90 Å². The largest absolute Gasteiger partial charge is 0.447 e. The third-order valence-corrected chi connectivity index (χ3v) is 5.38. The molecule has 1 atom stereocenters. The molecule has 5 nitrogen and oxygen atoms in total. The maximum absolute atomic E-state index is 13.8. The van der Waals surface area contributed by atoms with E-state index in [9.17, 15) is 14.0 Å². The van der Waals surface area contributed by atoms with Gasteiger partial charge in [0.1, 0.15) is 12.4 Å². The van der Waals surface area contributed by atoms with Gasteiger partial charge in [-0.25, -0.2) is 9.18 Å². The molecule has 1 aromatic rings. The zero-order valence-corrected chi connectivity index (χ0v) is 13.5. The summed E-state index contributed by atoms with van der Waals surface area (Å²) in [5.74, 6) is -0.0752. The molecule has 6 heteroatoms. The highest BCUT2D eigenvalue weighted by Gasteiger charge is 2.38. The minimum Gasteiger partial charge on any atom is -0.447 e. The summed E-state index contributed by atoms with van der Waals surface area (Å²) in [5, 5.41) is 0. The molecular formula is C18H21FN2O3. The first-order chi connectivity index (χ1) is 11.6. The standard InChI is InChI=1S/C18H21FN2O3/c19-14-6-5-13-10-20(17(22)12-3-1-2-4-12)8-7-15-11-24-18(23)21(15)16(13)9-14/h5-6,9,12,15H,1-4,7-8,10-11H2. The maximum atomic E-state index is 13.8. The van der Waals surface area contributed by atoms with Gasteiger partial charge in [-0.2, -0.15) is 0 Å². The van der Waals surface area contributed by atoms with E-state index in [1.54, 1.807) is 11.0 Å². The van der Waals surface area contributed by atoms with Crippen molar-refractivity contribution in [2.45, 2.75) is 44.7 Å². The molecular weight excluding hydrogens is 311 g/mol. The Morgan fingerprint density at radius 3 is 2.79 bits per heavy atom. The quantitative estimate of drug-likeness (QED) is 0.794. The number of hydrogen-bond acceptors (Lipinski definition) is 3. The monoisotopic (exact) mass is 332 g/mol. The van der Waals surface area contributed by atoms with Crippen LogP contribution in [0, 0.1) is 11.7 Å². The first-order valence-electron chi connectivity index (χ1n) is 8.66. The van der Waals surface area contributed by atoms with Crippen molar-refractivity contribution in [3.63, 3.8) is 0 Å². The molecule has 3 aliphatic rings. The molecule has 0 bridgehead atoms. The molecule has 0 N–H and O–H groups in total. The highest BCUT2D eigenvalue weighted by Crippen LogP contribution is 2.34. The van der Waals surface area contributed by atoms with Gasteiger partial charge in [0.15, 0.2) is 0 Å². The summed E-state index contributed by atoms with van der Waals surface area (Å²) in [5.41, 5.74) is 1.33. The third kappa shape index (κ3) is 2.64. The van der Waals surface area contributed by atoms with Gasteiger partial charge in [0.05, 0.1) is 11.7 Å². The van der Waals surface area contributed by atoms with Crippen molar-refractivity contribution < 1.29 is 18.7 Å². The van der Waals surface area contributed by atoms with Gasteiger partial charge in [-0.05, 0) is 37.0 Å². The number of benzene rings is 1. The summed E-state index contributed by atoms with van der Waals surface area (Å²) in [4.78, 5) is 28.3. The minimum atomic E-state index is -0.428. The molecule has 4 rings (SSSR count). The molecule has 1 saturated carbocycles. The summed E-state index contributed by atoms with van der Waals surface area (Å²) in [6.07, 6.45) is 4.38. The number of ether oxygens (including phenoxy) is 1. The van der Waals surface area contributed by atoms with Crippen LogP contribution >= 0.6 is 0 Å². The zero-order chi connectivity index (χ0) is 16.7. The number of halogens is 1. The van der Waals surface area contributed by atoms with E-state index in [1.807, 2.05) is 4.90 Å². The Bertz CT molecular complexity index is 672. The molecule has 2 amide bonds. The Balaban J connectivity index is 1.67. The molecule has 2 fully saturated rings. The van der Waals surface area contributed by atoms with E-state index in [1.165, 1.54) is 12.1 Å². The lowest BCUT2D eigenvalue weighted by atomic mass is 10.0. The van der Waals surface area contributed by atoms with Crippen LogP contribution in [0.2, 0.25) is 0 Å². The van der Waals surface area contributed by atoms with Crippen LogP contribution in [0.25, 0.3) is 0 Å². The van der Waals surface area contributed by atoms with E-state index in [4.69, 9.17) is 4.74 Å². The number of carbonyl (C=O) groups excluding carboxylic acids is 2. The predicted octanol–water partition coefficient (Wildman–Crippen LogP) is 3.07. The van der Waals surface area contributed by atoms with Gasteiger partial charge < -0.3 is 9.64 Å². The van der Waals surface area contributed by atoms with E-state index in [2.05, 4.69) is 0 Å². The molecule has 128 valence electrons. The predicted molar refractivity (Wildman–Crippen MR) is 86.0 cm³/mol. The van der Waals surface area contributed by atoms with Crippen LogP contribution in [-0.4, -0.2) is 36.1 Å². The number of amides is 2. The number of rotatable bonds is 1. The third-order valence-electron chi connectivity index (χ3n) is 5.38. The second-order valence-electron chi connectivity index (χ2n) is 6.90. The Kier molecular flexibility index (Phi) is 3.90. The number of nitrogens with zero attached hydrogens (tertiary/aromatic N) is 2. The number of fused-ring (bicyclic) bond motifs is 3. The summed E-state index contributed by atoms with van der Waals surface area (Å²) < 4.78 is 18.9. The van der Waals surface area contributed by atoms with Gasteiger partial charge in [0.25, 0.3) is 0 Å². The highest BCUT2D eigenvalue weighted by atomic mass is 19.1. The number of cyclic esters (lactones) is 1. The van der Waals surface area contributed by atoms with Gasteiger partial charge in [-0.3, -0.25) is 9.69 Å². The van der Waals surface area contributed by atoms with Crippen molar-refractivity contribution in [3.05, 3.63) is 29.6 Å². The fraction of sp³-hybridized carbons (Fsp3) is 0.556. The maximum Gasteiger partial charge on any atom is 0.414 e. The Hall–Kier alpha value is -2.11. The van der Waals surface area contributed by atoms with Crippen LogP contribution in [0.4, 0.5) is 14.9 Å². The van der Waals surface area contributed by atoms with Crippen LogP contribution in [0.15, 0.2) is 18.2 Å². The van der Waals surface area contributed by atoms with Crippen molar-refractivity contribution >= 4 is 17.7 Å². The van der Waals surface area contributed by atoms with E-state index >= 15 is 0 Å². The normalized spacial score (nSPS) is 24.2. The van der Waals surface area contributed by atoms with Crippen LogP contribution in [0.1, 0.15) is 37.7 Å². The Labute approximate surface area is 140 Å². The number of hydrogen-bond donors (Lipinski definition) is 0. The van der Waals surface area contributed by atoms with Crippen LogP contribution in [0.5, 0.6) is 0 Å².